The van der Waals surface area contributed by atoms with E-state index in [-0.39, 0.29) is 11.9 Å². The van der Waals surface area contributed by atoms with E-state index in [4.69, 9.17) is 4.74 Å². The molecular weight excluding hydrogens is 266 g/mol. The highest BCUT2D eigenvalue weighted by atomic mass is 16.5. The molecule has 0 bridgehead atoms. The lowest BCUT2D eigenvalue weighted by Crippen LogP contribution is -2.46. The maximum atomic E-state index is 11.1. The summed E-state index contributed by atoms with van der Waals surface area (Å²) in [5.74, 6) is 1.18. The van der Waals surface area contributed by atoms with Crippen LogP contribution in [-0.4, -0.2) is 36.1 Å². The van der Waals surface area contributed by atoms with Crippen molar-refractivity contribution in [2.45, 2.75) is 45.7 Å². The van der Waals surface area contributed by atoms with Crippen LogP contribution in [0.5, 0.6) is 5.75 Å². The van der Waals surface area contributed by atoms with Crippen molar-refractivity contribution >= 4 is 5.91 Å². The molecule has 1 aromatic heterocycles. The molecule has 1 fully saturated rings. The molecule has 0 saturated carbocycles. The number of nitrogens with one attached hydrogen (secondary N) is 2. The van der Waals surface area contributed by atoms with Crippen LogP contribution in [0.25, 0.3) is 0 Å². The standard InChI is InChI=1S/C16H25N3O2/c1-11(12(2)19-13(3)20)6-14-7-16(9-17-8-14)21-10-15-4-5-18-15/h7-9,11-12,15,18H,4-6,10H2,1-3H3,(H,19,20)/t11-,12+,15-/m0/s1. The average molecular weight is 291 g/mol. The molecule has 2 heterocycles. The second kappa shape index (κ2) is 7.41. The maximum absolute atomic E-state index is 11.1. The number of amides is 1. The van der Waals surface area contributed by atoms with Crippen LogP contribution in [0.3, 0.4) is 0 Å². The minimum atomic E-state index is 0.0116. The SMILES string of the molecule is CC(=O)N[C@H](C)[C@@H](C)Cc1cncc(OC[C@@H]2CCN2)c1. The third-order valence-corrected chi connectivity index (χ3v) is 3.99. The fourth-order valence-corrected chi connectivity index (χ4v) is 2.35. The molecule has 1 aromatic rings. The lowest BCUT2D eigenvalue weighted by Gasteiger charge is -2.27. The fraction of sp³-hybridized carbons (Fsp3) is 0.625. The van der Waals surface area contributed by atoms with E-state index in [1.54, 1.807) is 13.1 Å². The zero-order valence-corrected chi connectivity index (χ0v) is 13.1. The average Bonchev–Trinajstić information content (AvgIpc) is 2.36. The van der Waals surface area contributed by atoms with Gasteiger partial charge in [0.2, 0.25) is 5.91 Å². The van der Waals surface area contributed by atoms with Gasteiger partial charge in [0.25, 0.3) is 0 Å². The summed E-state index contributed by atoms with van der Waals surface area (Å²) in [7, 11) is 0. The second-order valence-electron chi connectivity index (χ2n) is 5.95. The summed E-state index contributed by atoms with van der Waals surface area (Å²) in [4.78, 5) is 15.3. The van der Waals surface area contributed by atoms with Crippen molar-refractivity contribution in [3.63, 3.8) is 0 Å². The molecule has 5 heteroatoms. The molecule has 0 aromatic carbocycles. The minimum Gasteiger partial charge on any atom is -0.490 e. The van der Waals surface area contributed by atoms with E-state index in [0.717, 1.165) is 24.3 Å². The van der Waals surface area contributed by atoms with Gasteiger partial charge < -0.3 is 15.4 Å². The molecule has 3 atom stereocenters. The first-order valence-electron chi connectivity index (χ1n) is 7.62. The molecule has 0 radical (unpaired) electrons. The number of aromatic nitrogens is 1. The van der Waals surface area contributed by atoms with Gasteiger partial charge in [-0.2, -0.15) is 0 Å². The van der Waals surface area contributed by atoms with Gasteiger partial charge in [0.1, 0.15) is 12.4 Å². The summed E-state index contributed by atoms with van der Waals surface area (Å²) in [6.07, 6.45) is 5.67. The van der Waals surface area contributed by atoms with Gasteiger partial charge in [0.15, 0.2) is 0 Å². The van der Waals surface area contributed by atoms with Crippen molar-refractivity contribution in [2.24, 2.45) is 5.92 Å². The van der Waals surface area contributed by atoms with Crippen molar-refractivity contribution in [3.8, 4) is 5.75 Å². The quantitative estimate of drug-likeness (QED) is 0.799. The summed E-state index contributed by atoms with van der Waals surface area (Å²) in [5.41, 5.74) is 1.14. The highest BCUT2D eigenvalue weighted by Gasteiger charge is 2.17. The van der Waals surface area contributed by atoms with Gasteiger partial charge in [0.05, 0.1) is 6.20 Å². The van der Waals surface area contributed by atoms with Crippen LogP contribution in [0, 0.1) is 5.92 Å². The lowest BCUT2D eigenvalue weighted by atomic mass is 9.95. The Morgan fingerprint density at radius 1 is 1.52 bits per heavy atom. The molecule has 1 aliphatic heterocycles. The van der Waals surface area contributed by atoms with Gasteiger partial charge in [-0.15, -0.1) is 0 Å². The number of nitrogens with zero attached hydrogens (tertiary/aromatic N) is 1. The molecular formula is C16H25N3O2. The van der Waals surface area contributed by atoms with Crippen LogP contribution < -0.4 is 15.4 Å². The Balaban J connectivity index is 1.85. The van der Waals surface area contributed by atoms with E-state index in [0.29, 0.717) is 18.6 Å². The van der Waals surface area contributed by atoms with Crippen molar-refractivity contribution in [3.05, 3.63) is 24.0 Å². The highest BCUT2D eigenvalue weighted by Crippen LogP contribution is 2.17. The largest absolute Gasteiger partial charge is 0.490 e. The number of pyridine rings is 1. The zero-order chi connectivity index (χ0) is 15.2. The van der Waals surface area contributed by atoms with Gasteiger partial charge in [-0.05, 0) is 43.9 Å². The molecule has 21 heavy (non-hydrogen) atoms. The molecule has 5 nitrogen and oxygen atoms in total. The van der Waals surface area contributed by atoms with Gasteiger partial charge >= 0.3 is 0 Å². The Morgan fingerprint density at radius 2 is 2.29 bits per heavy atom. The molecule has 0 spiro atoms. The van der Waals surface area contributed by atoms with E-state index in [1.165, 1.54) is 6.42 Å². The van der Waals surface area contributed by atoms with Gasteiger partial charge in [0, 0.05) is 25.2 Å². The second-order valence-corrected chi connectivity index (χ2v) is 5.95. The third-order valence-electron chi connectivity index (χ3n) is 3.99. The Kier molecular flexibility index (Phi) is 5.56. The number of hydrogen-bond acceptors (Lipinski definition) is 4. The number of ether oxygens (including phenoxy) is 1. The molecule has 0 unspecified atom stereocenters. The predicted octanol–water partition coefficient (Wildman–Crippen LogP) is 1.53. The van der Waals surface area contributed by atoms with E-state index in [2.05, 4.69) is 22.5 Å². The number of carbonyl (C=O) groups excluding carboxylic acids is 1. The van der Waals surface area contributed by atoms with Crippen molar-refractivity contribution < 1.29 is 9.53 Å². The number of carbonyl (C=O) groups is 1. The monoisotopic (exact) mass is 291 g/mol. The zero-order valence-electron chi connectivity index (χ0n) is 13.1. The molecule has 1 amide bonds. The Labute approximate surface area is 126 Å². The first-order valence-corrected chi connectivity index (χ1v) is 7.62. The van der Waals surface area contributed by atoms with Gasteiger partial charge in [-0.25, -0.2) is 0 Å². The summed E-state index contributed by atoms with van der Waals surface area (Å²) in [5, 5.41) is 6.24. The lowest BCUT2D eigenvalue weighted by molar-refractivity contribution is -0.119. The van der Waals surface area contributed by atoms with E-state index in [9.17, 15) is 4.79 Å². The minimum absolute atomic E-state index is 0.0116. The Hall–Kier alpha value is -1.62. The van der Waals surface area contributed by atoms with Gasteiger partial charge in [-0.1, -0.05) is 6.92 Å². The van der Waals surface area contributed by atoms with E-state index >= 15 is 0 Å². The van der Waals surface area contributed by atoms with Crippen LogP contribution in [0.15, 0.2) is 18.5 Å². The third kappa shape index (κ3) is 5.01. The highest BCUT2D eigenvalue weighted by molar-refractivity contribution is 5.73. The summed E-state index contributed by atoms with van der Waals surface area (Å²) >= 11 is 0. The van der Waals surface area contributed by atoms with Crippen LogP contribution in [0.1, 0.15) is 32.8 Å². The Morgan fingerprint density at radius 3 is 2.90 bits per heavy atom. The summed E-state index contributed by atoms with van der Waals surface area (Å²) < 4.78 is 5.76. The molecule has 116 valence electrons. The van der Waals surface area contributed by atoms with Crippen LogP contribution >= 0.6 is 0 Å². The predicted molar refractivity (Wildman–Crippen MR) is 82.3 cm³/mol. The maximum Gasteiger partial charge on any atom is 0.217 e. The number of rotatable bonds is 7. The van der Waals surface area contributed by atoms with Crippen molar-refractivity contribution in [1.29, 1.82) is 0 Å². The molecule has 0 aliphatic carbocycles. The van der Waals surface area contributed by atoms with Gasteiger partial charge in [-0.3, -0.25) is 9.78 Å². The smallest absolute Gasteiger partial charge is 0.217 e. The normalized spacial score (nSPS) is 20.2. The topological polar surface area (TPSA) is 63.2 Å². The Bertz CT molecular complexity index is 474. The first kappa shape index (κ1) is 15.8. The molecule has 2 rings (SSSR count). The fourth-order valence-electron chi connectivity index (χ4n) is 2.35. The number of hydrogen-bond donors (Lipinski definition) is 2. The van der Waals surface area contributed by atoms with E-state index in [1.807, 2.05) is 19.2 Å². The summed E-state index contributed by atoms with van der Waals surface area (Å²) in [6.45, 7) is 7.50. The molecule has 1 saturated heterocycles. The molecule has 2 N–H and O–H groups in total. The molecule has 1 aliphatic rings. The van der Waals surface area contributed by atoms with Crippen LogP contribution in [0.4, 0.5) is 0 Å². The van der Waals surface area contributed by atoms with Crippen LogP contribution in [-0.2, 0) is 11.2 Å². The van der Waals surface area contributed by atoms with E-state index < -0.39 is 0 Å². The van der Waals surface area contributed by atoms with Crippen LogP contribution in [0.2, 0.25) is 0 Å². The first-order chi connectivity index (χ1) is 10.0. The van der Waals surface area contributed by atoms with Crippen molar-refractivity contribution in [1.82, 2.24) is 15.6 Å². The summed E-state index contributed by atoms with van der Waals surface area (Å²) in [6, 6.07) is 2.67. The van der Waals surface area contributed by atoms with Crippen molar-refractivity contribution in [2.75, 3.05) is 13.2 Å².